The molecule has 2 rings (SSSR count). The minimum atomic E-state index is -0.0421. The summed E-state index contributed by atoms with van der Waals surface area (Å²) in [4.78, 5) is 13.7. The van der Waals surface area contributed by atoms with E-state index in [9.17, 15) is 4.79 Å². The molecule has 5 nitrogen and oxygen atoms in total. The lowest BCUT2D eigenvalue weighted by Gasteiger charge is -2.16. The molecule has 1 N–H and O–H groups in total. The summed E-state index contributed by atoms with van der Waals surface area (Å²) < 4.78 is 5.57. The fourth-order valence-electron chi connectivity index (χ4n) is 1.84. The summed E-state index contributed by atoms with van der Waals surface area (Å²) in [6.45, 7) is 3.46. The molecule has 0 bridgehead atoms. The average Bonchev–Trinajstić information content (AvgIpc) is 2.90. The Bertz CT molecular complexity index is 551. The van der Waals surface area contributed by atoms with Crippen molar-refractivity contribution in [2.45, 2.75) is 13.5 Å². The highest BCUT2D eigenvalue weighted by Gasteiger charge is 2.15. The van der Waals surface area contributed by atoms with Crippen molar-refractivity contribution in [2.75, 3.05) is 20.2 Å². The molecule has 0 fully saturated rings. The number of amides is 1. The SMILES string of the molecule is Cc1[nH]ncc1C(=O)N(C)CCOCc1ccccc1. The van der Waals surface area contributed by atoms with Crippen LogP contribution in [0.4, 0.5) is 0 Å². The smallest absolute Gasteiger partial charge is 0.257 e. The Morgan fingerprint density at radius 3 is 2.75 bits per heavy atom. The van der Waals surface area contributed by atoms with E-state index in [2.05, 4.69) is 10.2 Å². The van der Waals surface area contributed by atoms with Crippen molar-refractivity contribution in [2.24, 2.45) is 0 Å². The van der Waals surface area contributed by atoms with Crippen LogP contribution in [0.5, 0.6) is 0 Å². The van der Waals surface area contributed by atoms with Crippen molar-refractivity contribution in [1.82, 2.24) is 15.1 Å². The summed E-state index contributed by atoms with van der Waals surface area (Å²) in [6.07, 6.45) is 1.55. The number of hydrogen-bond acceptors (Lipinski definition) is 3. The third-order valence-corrected chi connectivity index (χ3v) is 3.09. The van der Waals surface area contributed by atoms with Crippen LogP contribution in [0.2, 0.25) is 0 Å². The molecular weight excluding hydrogens is 254 g/mol. The zero-order chi connectivity index (χ0) is 14.4. The largest absolute Gasteiger partial charge is 0.375 e. The highest BCUT2D eigenvalue weighted by Crippen LogP contribution is 2.06. The molecule has 1 amide bonds. The number of aromatic nitrogens is 2. The minimum absolute atomic E-state index is 0.0421. The summed E-state index contributed by atoms with van der Waals surface area (Å²) >= 11 is 0. The van der Waals surface area contributed by atoms with E-state index in [4.69, 9.17) is 4.74 Å². The Kier molecular flexibility index (Phi) is 4.90. The van der Waals surface area contributed by atoms with Crippen LogP contribution in [0.1, 0.15) is 21.6 Å². The van der Waals surface area contributed by atoms with Gasteiger partial charge >= 0.3 is 0 Å². The molecule has 20 heavy (non-hydrogen) atoms. The first-order valence-electron chi connectivity index (χ1n) is 6.55. The predicted molar refractivity (Wildman–Crippen MR) is 76.4 cm³/mol. The Balaban J connectivity index is 1.74. The molecule has 0 saturated heterocycles. The monoisotopic (exact) mass is 273 g/mol. The van der Waals surface area contributed by atoms with Gasteiger partial charge in [-0.05, 0) is 12.5 Å². The first-order valence-corrected chi connectivity index (χ1v) is 6.55. The van der Waals surface area contributed by atoms with Crippen molar-refractivity contribution >= 4 is 5.91 Å². The topological polar surface area (TPSA) is 58.2 Å². The number of H-pyrrole nitrogens is 1. The molecule has 1 aromatic heterocycles. The second-order valence-corrected chi connectivity index (χ2v) is 4.67. The van der Waals surface area contributed by atoms with Gasteiger partial charge in [-0.2, -0.15) is 5.10 Å². The Hall–Kier alpha value is -2.14. The molecule has 0 spiro atoms. The van der Waals surface area contributed by atoms with E-state index in [0.717, 1.165) is 11.3 Å². The van der Waals surface area contributed by atoms with E-state index in [0.29, 0.717) is 25.3 Å². The molecule has 2 aromatic rings. The number of ether oxygens (including phenoxy) is 1. The van der Waals surface area contributed by atoms with Gasteiger partial charge in [0.2, 0.25) is 0 Å². The molecule has 0 aliphatic carbocycles. The quantitative estimate of drug-likeness (QED) is 0.819. The predicted octanol–water partition coefficient (Wildman–Crippen LogP) is 2.01. The number of benzene rings is 1. The Morgan fingerprint density at radius 2 is 2.10 bits per heavy atom. The van der Waals surface area contributed by atoms with Gasteiger partial charge in [0.05, 0.1) is 25.0 Å². The highest BCUT2D eigenvalue weighted by molar-refractivity contribution is 5.94. The van der Waals surface area contributed by atoms with Crippen LogP contribution >= 0.6 is 0 Å². The molecule has 0 unspecified atom stereocenters. The number of rotatable bonds is 6. The van der Waals surface area contributed by atoms with Gasteiger partial charge in [-0.25, -0.2) is 0 Å². The third-order valence-electron chi connectivity index (χ3n) is 3.09. The van der Waals surface area contributed by atoms with Crippen molar-refractivity contribution in [1.29, 1.82) is 0 Å². The van der Waals surface area contributed by atoms with E-state index in [1.165, 1.54) is 0 Å². The second kappa shape index (κ2) is 6.86. The average molecular weight is 273 g/mol. The first kappa shape index (κ1) is 14.3. The Labute approximate surface area is 118 Å². The molecule has 106 valence electrons. The van der Waals surface area contributed by atoms with Crippen LogP contribution in [0, 0.1) is 6.92 Å². The minimum Gasteiger partial charge on any atom is -0.375 e. The number of hydrogen-bond donors (Lipinski definition) is 1. The number of carbonyl (C=O) groups excluding carboxylic acids is 1. The molecule has 0 aliphatic rings. The van der Waals surface area contributed by atoms with Crippen LogP contribution in [0.3, 0.4) is 0 Å². The number of carbonyl (C=O) groups is 1. The summed E-state index contributed by atoms with van der Waals surface area (Å²) in [5.74, 6) is -0.0421. The summed E-state index contributed by atoms with van der Waals surface area (Å²) in [6, 6.07) is 9.97. The molecular formula is C15H19N3O2. The van der Waals surface area contributed by atoms with Gasteiger partial charge in [-0.15, -0.1) is 0 Å². The molecule has 0 radical (unpaired) electrons. The molecule has 0 saturated carbocycles. The van der Waals surface area contributed by atoms with E-state index in [1.807, 2.05) is 37.3 Å². The molecule has 1 aromatic carbocycles. The van der Waals surface area contributed by atoms with Gasteiger partial charge in [-0.1, -0.05) is 30.3 Å². The van der Waals surface area contributed by atoms with Crippen molar-refractivity contribution in [3.05, 3.63) is 53.3 Å². The lowest BCUT2D eigenvalue weighted by molar-refractivity contribution is 0.0670. The number of nitrogens with zero attached hydrogens (tertiary/aromatic N) is 2. The van der Waals surface area contributed by atoms with Gasteiger partial charge in [0.25, 0.3) is 5.91 Å². The normalized spacial score (nSPS) is 10.5. The van der Waals surface area contributed by atoms with E-state index < -0.39 is 0 Å². The molecule has 5 heteroatoms. The van der Waals surface area contributed by atoms with Gasteiger partial charge in [0, 0.05) is 19.3 Å². The van der Waals surface area contributed by atoms with E-state index in [-0.39, 0.29) is 5.91 Å². The number of likely N-dealkylation sites (N-methyl/N-ethyl adjacent to an activating group) is 1. The van der Waals surface area contributed by atoms with Gasteiger partial charge in [-0.3, -0.25) is 9.89 Å². The fourth-order valence-corrected chi connectivity index (χ4v) is 1.84. The summed E-state index contributed by atoms with van der Waals surface area (Å²) in [5.41, 5.74) is 2.52. The van der Waals surface area contributed by atoms with Crippen molar-refractivity contribution < 1.29 is 9.53 Å². The fraction of sp³-hybridized carbons (Fsp3) is 0.333. The van der Waals surface area contributed by atoms with Gasteiger partial charge in [0.1, 0.15) is 0 Å². The van der Waals surface area contributed by atoms with Crippen molar-refractivity contribution in [3.63, 3.8) is 0 Å². The van der Waals surface area contributed by atoms with Crippen molar-refractivity contribution in [3.8, 4) is 0 Å². The van der Waals surface area contributed by atoms with E-state index >= 15 is 0 Å². The summed E-state index contributed by atoms with van der Waals surface area (Å²) in [5, 5.41) is 6.62. The molecule has 1 heterocycles. The maximum atomic E-state index is 12.1. The number of aryl methyl sites for hydroxylation is 1. The third kappa shape index (κ3) is 3.68. The maximum absolute atomic E-state index is 12.1. The van der Waals surface area contributed by atoms with Crippen LogP contribution in [-0.2, 0) is 11.3 Å². The van der Waals surface area contributed by atoms with Crippen LogP contribution in [0.25, 0.3) is 0 Å². The Morgan fingerprint density at radius 1 is 1.35 bits per heavy atom. The first-order chi connectivity index (χ1) is 9.68. The van der Waals surface area contributed by atoms with Gasteiger partial charge < -0.3 is 9.64 Å². The highest BCUT2D eigenvalue weighted by atomic mass is 16.5. The lowest BCUT2D eigenvalue weighted by Crippen LogP contribution is -2.30. The lowest BCUT2D eigenvalue weighted by atomic mass is 10.2. The molecule has 0 atom stereocenters. The maximum Gasteiger partial charge on any atom is 0.257 e. The van der Waals surface area contributed by atoms with Gasteiger partial charge in [0.15, 0.2) is 0 Å². The van der Waals surface area contributed by atoms with E-state index in [1.54, 1.807) is 18.1 Å². The zero-order valence-corrected chi connectivity index (χ0v) is 11.8. The summed E-state index contributed by atoms with van der Waals surface area (Å²) in [7, 11) is 1.76. The van der Waals surface area contributed by atoms with Crippen LogP contribution in [0.15, 0.2) is 36.5 Å². The second-order valence-electron chi connectivity index (χ2n) is 4.67. The number of aromatic amines is 1. The van der Waals surface area contributed by atoms with Crippen LogP contribution < -0.4 is 0 Å². The van der Waals surface area contributed by atoms with Crippen LogP contribution in [-0.4, -0.2) is 41.2 Å². The zero-order valence-electron chi connectivity index (χ0n) is 11.8. The standard InChI is InChI=1S/C15H19N3O2/c1-12-14(10-16-17-12)15(19)18(2)8-9-20-11-13-6-4-3-5-7-13/h3-7,10H,8-9,11H2,1-2H3,(H,16,17). The number of nitrogens with one attached hydrogen (secondary N) is 1. The molecule has 0 aliphatic heterocycles.